The van der Waals surface area contributed by atoms with Crippen LogP contribution in [0.15, 0.2) is 48.5 Å². The van der Waals surface area contributed by atoms with Crippen LogP contribution in [-0.2, 0) is 41.8 Å². The van der Waals surface area contributed by atoms with Crippen molar-refractivity contribution in [3.05, 3.63) is 85.4 Å². The van der Waals surface area contributed by atoms with Crippen LogP contribution in [0.5, 0.6) is 0 Å². The molecule has 0 aliphatic carbocycles. The first-order chi connectivity index (χ1) is 19.3. The summed E-state index contributed by atoms with van der Waals surface area (Å²) in [6, 6.07) is 9.46. The monoisotopic (exact) mass is 569 g/mol. The van der Waals surface area contributed by atoms with Gasteiger partial charge in [0.1, 0.15) is 18.8 Å². The summed E-state index contributed by atoms with van der Waals surface area (Å²) in [4.78, 5) is 72.6. The van der Waals surface area contributed by atoms with Crippen molar-refractivity contribution in [1.82, 2.24) is 5.32 Å². The Morgan fingerprint density at radius 1 is 0.927 bits per heavy atom. The Morgan fingerprint density at radius 2 is 1.41 bits per heavy atom. The van der Waals surface area contributed by atoms with Crippen LogP contribution in [0.2, 0.25) is 0 Å². The van der Waals surface area contributed by atoms with Crippen molar-refractivity contribution < 1.29 is 48.0 Å². The quantitative estimate of drug-likeness (QED) is 0.0570. The first-order valence-electron chi connectivity index (χ1n) is 11.9. The molecule has 1 heterocycles. The van der Waals surface area contributed by atoms with E-state index in [1.54, 1.807) is 0 Å². The van der Waals surface area contributed by atoms with Gasteiger partial charge in [-0.15, -0.1) is 0 Å². The summed E-state index contributed by atoms with van der Waals surface area (Å²) in [7, 11) is 0. The van der Waals surface area contributed by atoms with Gasteiger partial charge in [-0.1, -0.05) is 0 Å². The van der Waals surface area contributed by atoms with E-state index in [1.165, 1.54) is 62.4 Å². The summed E-state index contributed by atoms with van der Waals surface area (Å²) in [5, 5.41) is 23.9. The van der Waals surface area contributed by atoms with Gasteiger partial charge >= 0.3 is 17.8 Å². The largest absolute Gasteiger partial charge is 0.509 e. The van der Waals surface area contributed by atoms with Crippen molar-refractivity contribution in [1.29, 1.82) is 0 Å². The number of nitrogens with one attached hydrogen (secondary N) is 1. The number of ketones is 1. The lowest BCUT2D eigenvalue weighted by molar-refractivity contribution is -0.385. The maximum atomic E-state index is 12.7. The average molecular weight is 569 g/mol. The zero-order valence-electron chi connectivity index (χ0n) is 21.7. The molecule has 2 atom stereocenters. The van der Waals surface area contributed by atoms with Gasteiger partial charge in [0.25, 0.3) is 17.2 Å². The zero-order chi connectivity index (χ0) is 30.3. The third kappa shape index (κ3) is 7.54. The minimum atomic E-state index is -1.47. The Hall–Kier alpha value is -5.50. The number of amides is 1. The Labute approximate surface area is 231 Å². The van der Waals surface area contributed by atoms with Crippen LogP contribution >= 0.6 is 0 Å². The summed E-state index contributed by atoms with van der Waals surface area (Å²) in [6.07, 6.45) is -1.63. The van der Waals surface area contributed by atoms with Gasteiger partial charge in [0.2, 0.25) is 5.91 Å². The fraction of sp³-hybridized carbons (Fsp3) is 0.320. The second-order valence-electron chi connectivity index (χ2n) is 9.34. The fourth-order valence-electron chi connectivity index (χ4n) is 4.01. The number of nitro benzene ring substituents is 2. The number of non-ortho nitro benzene ring substituents is 2. The number of hydrogen-bond donors (Lipinski definition) is 1. The number of nitro groups is 2. The molecule has 2 aromatic carbocycles. The lowest BCUT2D eigenvalue weighted by Gasteiger charge is -2.44. The highest BCUT2D eigenvalue weighted by Gasteiger charge is 2.53. The van der Waals surface area contributed by atoms with Crippen molar-refractivity contribution in [3.8, 4) is 0 Å². The molecule has 1 saturated heterocycles. The van der Waals surface area contributed by atoms with E-state index in [-0.39, 0.29) is 24.6 Å². The third-order valence-electron chi connectivity index (χ3n) is 6.09. The van der Waals surface area contributed by atoms with Crippen LogP contribution in [-0.4, -0.2) is 55.8 Å². The number of ether oxygens (including phenoxy) is 3. The maximum Gasteiger partial charge on any atom is 0.509 e. The van der Waals surface area contributed by atoms with Gasteiger partial charge < -0.3 is 25.1 Å². The van der Waals surface area contributed by atoms with Gasteiger partial charge in [0.05, 0.1) is 21.8 Å². The van der Waals surface area contributed by atoms with E-state index < -0.39 is 63.4 Å². The minimum absolute atomic E-state index is 0.138. The number of β-lactam (4-membered cyclic amide) rings is 1. The van der Waals surface area contributed by atoms with Crippen molar-refractivity contribution >= 4 is 40.9 Å². The number of rotatable bonds is 12. The summed E-state index contributed by atoms with van der Waals surface area (Å²) >= 11 is 0. The molecule has 3 rings (SSSR count). The fourth-order valence-corrected chi connectivity index (χ4v) is 4.01. The highest BCUT2D eigenvalue weighted by molar-refractivity contribution is 6.62. The first-order valence-corrected chi connectivity index (χ1v) is 11.9. The van der Waals surface area contributed by atoms with E-state index in [1.807, 2.05) is 0 Å². The normalized spacial score (nSPS) is 15.8. The molecule has 214 valence electrons. The lowest BCUT2D eigenvalue weighted by Crippen LogP contribution is -2.67. The van der Waals surface area contributed by atoms with E-state index >= 15 is 0 Å². The number of nitrogens with zero attached hydrogens (tertiary/aromatic N) is 4. The van der Waals surface area contributed by atoms with Crippen LogP contribution < -0.4 is 5.32 Å². The van der Waals surface area contributed by atoms with Crippen LogP contribution in [0.1, 0.15) is 31.4 Å². The third-order valence-corrected chi connectivity index (χ3v) is 6.09. The molecule has 0 spiro atoms. The maximum absolute atomic E-state index is 12.7. The average Bonchev–Trinajstić information content (AvgIpc) is 2.90. The molecule has 1 fully saturated rings. The molecule has 0 radical (unpaired) electrons. The van der Waals surface area contributed by atoms with Crippen LogP contribution in [0.4, 0.5) is 16.2 Å². The molecule has 41 heavy (non-hydrogen) atoms. The Kier molecular flexibility index (Phi) is 9.21. The summed E-state index contributed by atoms with van der Waals surface area (Å²) < 4.78 is 15.3. The van der Waals surface area contributed by atoms with Gasteiger partial charge in [-0.2, -0.15) is 4.79 Å². The van der Waals surface area contributed by atoms with Crippen LogP contribution in [0.3, 0.4) is 0 Å². The molecular formula is C25H23N5O11. The molecule has 0 unspecified atom stereocenters. The topological polar surface area (TPSA) is 231 Å². The number of hydrogen-bond acceptors (Lipinski definition) is 11. The number of carbonyl (C=O) groups is 4. The molecule has 16 nitrogen and oxygen atoms in total. The lowest BCUT2D eigenvalue weighted by atomic mass is 9.75. The number of esters is 1. The van der Waals surface area contributed by atoms with Crippen molar-refractivity contribution in [2.75, 3.05) is 0 Å². The molecule has 0 saturated carbocycles. The van der Waals surface area contributed by atoms with Crippen molar-refractivity contribution in [2.45, 2.75) is 45.1 Å². The van der Waals surface area contributed by atoms with E-state index in [4.69, 9.17) is 14.2 Å². The second-order valence-corrected chi connectivity index (χ2v) is 9.34. The molecule has 1 amide bonds. The number of benzene rings is 2. The van der Waals surface area contributed by atoms with Gasteiger partial charge in [-0.25, -0.2) is 9.59 Å². The van der Waals surface area contributed by atoms with E-state index in [0.29, 0.717) is 11.1 Å². The van der Waals surface area contributed by atoms with Crippen LogP contribution in [0, 0.1) is 26.1 Å². The number of Topliss-reactive ketones (excluding diaryl/α,β-unsaturated/α-hetero) is 1. The van der Waals surface area contributed by atoms with E-state index in [9.17, 15) is 44.9 Å². The highest BCUT2D eigenvalue weighted by Crippen LogP contribution is 2.33. The molecule has 0 bridgehead atoms. The van der Waals surface area contributed by atoms with Crippen molar-refractivity contribution in [3.63, 3.8) is 0 Å². The van der Waals surface area contributed by atoms with Crippen molar-refractivity contribution in [2.24, 2.45) is 5.92 Å². The summed E-state index contributed by atoms with van der Waals surface area (Å²) in [5.74, 6) is -3.80. The molecule has 0 aromatic heterocycles. The molecule has 1 N–H and O–H groups in total. The van der Waals surface area contributed by atoms with E-state index in [2.05, 4.69) is 10.1 Å². The first kappa shape index (κ1) is 30.0. The molecular weight excluding hydrogens is 546 g/mol. The van der Waals surface area contributed by atoms with Gasteiger partial charge in [-0.3, -0.25) is 29.8 Å². The SMILES string of the molecule is CC(C)(OC(=O)OCc1ccc([N+](=O)[O-])cc1)[C@@H]1C(=O)N[C@@H]1CC(=O)C(=[N+]=[N-])C(=O)OCc1ccc([N+](=O)[O-])cc1. The van der Waals surface area contributed by atoms with Gasteiger partial charge in [0, 0.05) is 30.7 Å². The smallest absolute Gasteiger partial charge is 0.452 e. The molecule has 16 heteroatoms. The zero-order valence-corrected chi connectivity index (χ0v) is 21.7. The van der Waals surface area contributed by atoms with Gasteiger partial charge in [0.15, 0.2) is 0 Å². The molecule has 2 aromatic rings. The highest BCUT2D eigenvalue weighted by atomic mass is 16.7. The minimum Gasteiger partial charge on any atom is -0.452 e. The molecule has 1 aliphatic heterocycles. The van der Waals surface area contributed by atoms with E-state index in [0.717, 1.165) is 0 Å². The Morgan fingerprint density at radius 3 is 1.85 bits per heavy atom. The predicted octanol–water partition coefficient (Wildman–Crippen LogP) is 2.42. The predicted molar refractivity (Wildman–Crippen MR) is 135 cm³/mol. The standard InChI is InChI=1S/C25H23N5O11/c1-25(2,41-24(34)40-13-15-5-9-17(10-6-15)30(37)38)20-18(27-22(20)32)11-19(31)21(28-26)23(33)39-12-14-3-7-16(8-4-14)29(35)36/h3-10,18,20H,11-13H2,1-2H3,(H,27,32)/t18-,20+/m1/s1. The van der Waals surface area contributed by atoms with Gasteiger partial charge in [-0.05, 0) is 49.2 Å². The molecule has 1 aliphatic rings. The number of carbonyl (C=O) groups excluding carboxylic acids is 4. The van der Waals surface area contributed by atoms with Crippen LogP contribution in [0.25, 0.3) is 5.53 Å². The summed E-state index contributed by atoms with van der Waals surface area (Å²) in [5.41, 5.74) is 7.35. The Balaban J connectivity index is 1.54. The second kappa shape index (κ2) is 12.6. The summed E-state index contributed by atoms with van der Waals surface area (Å²) in [6.45, 7) is 2.21. The Bertz CT molecular complexity index is 1430.